The number of carbonyl (C=O) groups is 1. The number of anilines is 1. The lowest BCUT2D eigenvalue weighted by atomic mass is 10.1. The van der Waals surface area contributed by atoms with E-state index < -0.39 is 0 Å². The molecule has 3 rings (SSSR count). The van der Waals surface area contributed by atoms with Gasteiger partial charge in [-0.2, -0.15) is 0 Å². The van der Waals surface area contributed by atoms with Crippen LogP contribution in [0.1, 0.15) is 22.5 Å². The molecular weight excluding hydrogens is 286 g/mol. The highest BCUT2D eigenvalue weighted by Gasteiger charge is 2.26. The number of thiophene rings is 1. The normalized spacial score (nSPS) is 19.0. The number of nitrogens with two attached hydrogens (primary N) is 2. The second-order valence-corrected chi connectivity index (χ2v) is 6.41. The maximum atomic E-state index is 12.7. The molecule has 1 atom stereocenters. The van der Waals surface area contributed by atoms with E-state index in [4.69, 9.17) is 16.2 Å². The first-order chi connectivity index (χ1) is 10.1. The van der Waals surface area contributed by atoms with Gasteiger partial charge in [-0.15, -0.1) is 11.3 Å². The SMILES string of the molecule is COc1ccc2c(N)c(C(=O)N3CCCC(N)C3)sc2c1. The molecule has 6 heteroatoms. The Labute approximate surface area is 127 Å². The zero-order valence-electron chi connectivity index (χ0n) is 12.0. The predicted molar refractivity (Wildman–Crippen MR) is 85.9 cm³/mol. The number of fused-ring (bicyclic) bond motifs is 1. The average molecular weight is 305 g/mol. The number of benzene rings is 1. The number of rotatable bonds is 2. The van der Waals surface area contributed by atoms with Crippen LogP contribution in [0.2, 0.25) is 0 Å². The van der Waals surface area contributed by atoms with Crippen molar-refractivity contribution < 1.29 is 9.53 Å². The molecule has 1 fully saturated rings. The van der Waals surface area contributed by atoms with Gasteiger partial charge in [0.2, 0.25) is 0 Å². The van der Waals surface area contributed by atoms with Crippen molar-refractivity contribution in [3.63, 3.8) is 0 Å². The molecule has 112 valence electrons. The van der Waals surface area contributed by atoms with Crippen molar-refractivity contribution in [1.82, 2.24) is 4.90 Å². The average Bonchev–Trinajstić information content (AvgIpc) is 2.83. The lowest BCUT2D eigenvalue weighted by molar-refractivity contribution is 0.0715. The number of nitrogen functional groups attached to an aromatic ring is 1. The first kappa shape index (κ1) is 14.2. The van der Waals surface area contributed by atoms with Crippen LogP contribution in [-0.2, 0) is 0 Å². The molecule has 5 nitrogen and oxygen atoms in total. The van der Waals surface area contributed by atoms with E-state index in [1.54, 1.807) is 7.11 Å². The number of hydrogen-bond donors (Lipinski definition) is 2. The highest BCUT2D eigenvalue weighted by molar-refractivity contribution is 7.21. The van der Waals surface area contributed by atoms with Gasteiger partial charge < -0.3 is 21.1 Å². The van der Waals surface area contributed by atoms with Gasteiger partial charge in [0.25, 0.3) is 5.91 Å². The van der Waals surface area contributed by atoms with E-state index in [1.165, 1.54) is 11.3 Å². The second kappa shape index (κ2) is 5.54. The lowest BCUT2D eigenvalue weighted by Crippen LogP contribution is -2.45. The molecule has 0 aliphatic carbocycles. The Balaban J connectivity index is 1.96. The zero-order valence-corrected chi connectivity index (χ0v) is 12.8. The van der Waals surface area contributed by atoms with Crippen molar-refractivity contribution in [1.29, 1.82) is 0 Å². The minimum absolute atomic E-state index is 0.0113. The predicted octanol–water partition coefficient (Wildman–Crippen LogP) is 2.06. The van der Waals surface area contributed by atoms with Gasteiger partial charge in [-0.25, -0.2) is 0 Å². The molecule has 1 aliphatic rings. The molecule has 0 saturated carbocycles. The van der Waals surface area contributed by atoms with E-state index in [2.05, 4.69) is 0 Å². The Morgan fingerprint density at radius 2 is 2.29 bits per heavy atom. The highest BCUT2D eigenvalue weighted by Crippen LogP contribution is 2.36. The topological polar surface area (TPSA) is 81.6 Å². The summed E-state index contributed by atoms with van der Waals surface area (Å²) in [5.74, 6) is 0.755. The number of amides is 1. The molecule has 2 aromatic rings. The van der Waals surface area contributed by atoms with E-state index >= 15 is 0 Å². The number of methoxy groups -OCH3 is 1. The fraction of sp³-hybridized carbons (Fsp3) is 0.400. The first-order valence-corrected chi connectivity index (χ1v) is 7.82. The summed E-state index contributed by atoms with van der Waals surface area (Å²) in [5, 5.41) is 0.908. The number of carbonyl (C=O) groups excluding carboxylic acids is 1. The molecular formula is C15H19N3O2S. The number of ether oxygens (including phenoxy) is 1. The Bertz CT molecular complexity index is 683. The van der Waals surface area contributed by atoms with Crippen LogP contribution in [0.4, 0.5) is 5.69 Å². The van der Waals surface area contributed by atoms with Gasteiger partial charge in [-0.05, 0) is 31.0 Å². The molecule has 21 heavy (non-hydrogen) atoms. The highest BCUT2D eigenvalue weighted by atomic mass is 32.1. The molecule has 1 aliphatic heterocycles. The summed E-state index contributed by atoms with van der Waals surface area (Å²) in [5.41, 5.74) is 12.7. The first-order valence-electron chi connectivity index (χ1n) is 7.01. The number of nitrogens with zero attached hydrogens (tertiary/aromatic N) is 1. The molecule has 1 aromatic heterocycles. The Kier molecular flexibility index (Phi) is 3.73. The van der Waals surface area contributed by atoms with Gasteiger partial charge in [-0.3, -0.25) is 4.79 Å². The molecule has 4 N–H and O–H groups in total. The third-order valence-corrected chi connectivity index (χ3v) is 5.03. The van der Waals surface area contributed by atoms with Crippen molar-refractivity contribution in [2.45, 2.75) is 18.9 Å². The van der Waals surface area contributed by atoms with Gasteiger partial charge in [0.15, 0.2) is 0 Å². The molecule has 0 bridgehead atoms. The number of likely N-dealkylation sites (tertiary alicyclic amines) is 1. The van der Waals surface area contributed by atoms with Crippen molar-refractivity contribution in [3.8, 4) is 5.75 Å². The number of piperidine rings is 1. The van der Waals surface area contributed by atoms with Crippen LogP contribution in [0.3, 0.4) is 0 Å². The van der Waals surface area contributed by atoms with E-state index in [1.807, 2.05) is 23.1 Å². The number of hydrogen-bond acceptors (Lipinski definition) is 5. The van der Waals surface area contributed by atoms with Crippen LogP contribution in [-0.4, -0.2) is 37.0 Å². The van der Waals surface area contributed by atoms with Crippen molar-refractivity contribution in [2.75, 3.05) is 25.9 Å². The van der Waals surface area contributed by atoms with Gasteiger partial charge >= 0.3 is 0 Å². The van der Waals surface area contributed by atoms with Gasteiger partial charge in [-0.1, -0.05) is 0 Å². The summed E-state index contributed by atoms with van der Waals surface area (Å²) in [6, 6.07) is 5.74. The van der Waals surface area contributed by atoms with Crippen LogP contribution >= 0.6 is 11.3 Å². The smallest absolute Gasteiger partial charge is 0.266 e. The van der Waals surface area contributed by atoms with E-state index in [0.29, 0.717) is 17.1 Å². The van der Waals surface area contributed by atoms with Crippen LogP contribution in [0.15, 0.2) is 18.2 Å². The summed E-state index contributed by atoms with van der Waals surface area (Å²) >= 11 is 1.42. The van der Waals surface area contributed by atoms with E-state index in [0.717, 1.165) is 35.2 Å². The minimum atomic E-state index is -0.0113. The monoisotopic (exact) mass is 305 g/mol. The largest absolute Gasteiger partial charge is 0.497 e. The Morgan fingerprint density at radius 3 is 3.00 bits per heavy atom. The summed E-state index contributed by atoms with van der Waals surface area (Å²) in [7, 11) is 1.62. The summed E-state index contributed by atoms with van der Waals surface area (Å²) in [4.78, 5) is 15.1. The molecule has 1 saturated heterocycles. The molecule has 1 unspecified atom stereocenters. The molecule has 0 radical (unpaired) electrons. The molecule has 2 heterocycles. The Morgan fingerprint density at radius 1 is 1.48 bits per heavy atom. The molecule has 1 amide bonds. The Hall–Kier alpha value is -1.79. The zero-order chi connectivity index (χ0) is 15.0. The standard InChI is InChI=1S/C15H19N3O2S/c1-20-10-4-5-11-12(7-10)21-14(13(11)17)15(19)18-6-2-3-9(16)8-18/h4-5,7,9H,2-3,6,8,16-17H2,1H3. The lowest BCUT2D eigenvalue weighted by Gasteiger charge is -2.30. The molecule has 0 spiro atoms. The quantitative estimate of drug-likeness (QED) is 0.890. The third-order valence-electron chi connectivity index (χ3n) is 3.87. The van der Waals surface area contributed by atoms with E-state index in [9.17, 15) is 4.79 Å². The summed E-state index contributed by atoms with van der Waals surface area (Å²) in [6.07, 6.45) is 1.93. The summed E-state index contributed by atoms with van der Waals surface area (Å²) < 4.78 is 6.19. The van der Waals surface area contributed by atoms with Gasteiger partial charge in [0.1, 0.15) is 10.6 Å². The van der Waals surface area contributed by atoms with Crippen molar-refractivity contribution >= 4 is 33.0 Å². The molecule has 1 aromatic carbocycles. The van der Waals surface area contributed by atoms with Crippen LogP contribution in [0.25, 0.3) is 10.1 Å². The van der Waals surface area contributed by atoms with Crippen molar-refractivity contribution in [2.24, 2.45) is 5.73 Å². The van der Waals surface area contributed by atoms with Crippen molar-refractivity contribution in [3.05, 3.63) is 23.1 Å². The van der Waals surface area contributed by atoms with Gasteiger partial charge in [0.05, 0.1) is 12.8 Å². The maximum Gasteiger partial charge on any atom is 0.266 e. The minimum Gasteiger partial charge on any atom is -0.497 e. The maximum absolute atomic E-state index is 12.7. The van der Waals surface area contributed by atoms with Gasteiger partial charge in [0, 0.05) is 29.2 Å². The summed E-state index contributed by atoms with van der Waals surface area (Å²) in [6.45, 7) is 1.36. The fourth-order valence-corrected chi connectivity index (χ4v) is 3.84. The third kappa shape index (κ3) is 2.56. The van der Waals surface area contributed by atoms with Crippen LogP contribution in [0.5, 0.6) is 5.75 Å². The fourth-order valence-electron chi connectivity index (χ4n) is 2.72. The van der Waals surface area contributed by atoms with Crippen LogP contribution < -0.4 is 16.2 Å². The second-order valence-electron chi connectivity index (χ2n) is 5.36. The van der Waals surface area contributed by atoms with Crippen LogP contribution in [0, 0.1) is 0 Å². The van der Waals surface area contributed by atoms with E-state index in [-0.39, 0.29) is 11.9 Å².